The van der Waals surface area contributed by atoms with Gasteiger partial charge < -0.3 is 0 Å². The maximum absolute atomic E-state index is 11.8. The monoisotopic (exact) mass is 442 g/mol. The Balaban J connectivity index is 2.42. The molecule has 3 nitrogen and oxygen atoms in total. The van der Waals surface area contributed by atoms with Crippen LogP contribution in [0.1, 0.15) is 59.3 Å². The van der Waals surface area contributed by atoms with E-state index in [0.717, 1.165) is 5.03 Å². The van der Waals surface area contributed by atoms with Crippen LogP contribution in [0.5, 0.6) is 0 Å². The molecule has 1 unspecified atom stereocenters. The Morgan fingerprint density at radius 2 is 1.65 bits per heavy atom. The van der Waals surface area contributed by atoms with Crippen molar-refractivity contribution in [2.45, 2.75) is 77.6 Å². The van der Waals surface area contributed by atoms with Crippen LogP contribution in [-0.4, -0.2) is 33.2 Å². The van der Waals surface area contributed by atoms with Gasteiger partial charge in [0, 0.05) is 0 Å². The Labute approximate surface area is 147 Å². The summed E-state index contributed by atoms with van der Waals surface area (Å²) in [6.07, 6.45) is 13.8. The van der Waals surface area contributed by atoms with Gasteiger partial charge in [-0.3, -0.25) is 0 Å². The number of aromatic nitrogens is 2. The third kappa shape index (κ3) is 4.21. The van der Waals surface area contributed by atoms with E-state index in [1.165, 1.54) is 54.8 Å². The van der Waals surface area contributed by atoms with Crippen LogP contribution in [0.2, 0.25) is 13.3 Å². The molecule has 0 saturated carbocycles. The van der Waals surface area contributed by atoms with Crippen molar-refractivity contribution in [3.63, 3.8) is 0 Å². The molecule has 0 fully saturated rings. The van der Waals surface area contributed by atoms with Gasteiger partial charge >= 0.3 is 148 Å². The summed E-state index contributed by atoms with van der Waals surface area (Å²) in [5.41, 5.74) is 0. The normalized spacial score (nSPS) is 17.0. The number of fused-ring (bicyclic) bond motifs is 1. The molecule has 0 saturated heterocycles. The number of unbranched alkanes of at least 4 members (excludes halogenated alkanes) is 3. The van der Waals surface area contributed by atoms with Gasteiger partial charge in [0.25, 0.3) is 0 Å². The predicted molar refractivity (Wildman–Crippen MR) is 103 cm³/mol. The van der Waals surface area contributed by atoms with E-state index < -0.39 is 28.9 Å². The second-order valence-electron chi connectivity index (χ2n) is 6.61. The topological polar surface area (TPSA) is 34.9 Å². The van der Waals surface area contributed by atoms with Gasteiger partial charge in [-0.1, -0.05) is 0 Å². The van der Waals surface area contributed by atoms with Crippen LogP contribution < -0.4 is 0 Å². The molecule has 1 aromatic heterocycles. The summed E-state index contributed by atoms with van der Waals surface area (Å²) in [5.74, 6) is 0. The third-order valence-electron chi connectivity index (χ3n) is 4.95. The Kier molecular flexibility index (Phi) is 7.63. The minimum atomic E-state index is -2.52. The molecule has 23 heavy (non-hydrogen) atoms. The molecule has 1 aliphatic heterocycles. The van der Waals surface area contributed by atoms with E-state index in [-0.39, 0.29) is 0 Å². The van der Waals surface area contributed by atoms with Gasteiger partial charge in [0.15, 0.2) is 0 Å². The number of hydrogen-bond donors (Lipinski definition) is 0. The molecular weight excluding hydrogens is 411 g/mol. The zero-order chi connectivity index (χ0) is 16.7. The predicted octanol–water partition coefficient (Wildman–Crippen LogP) is 5.78. The van der Waals surface area contributed by atoms with Crippen molar-refractivity contribution >= 4 is 40.3 Å². The fourth-order valence-electron chi connectivity index (χ4n) is 3.57. The molecule has 5 heteroatoms. The standard InChI is InChI=1S/C6H3N2OS.3C4H9.Sn/c9-5-10-2-1-8-4-7-3-6(8)10;3*1-3-4-2;/h1,3-4H;3*1,3-4H2,2H3;. The van der Waals surface area contributed by atoms with E-state index in [9.17, 15) is 4.79 Å². The number of carbonyl (C=O) groups excluding carboxylic acids is 1. The van der Waals surface area contributed by atoms with Crippen LogP contribution >= 0.6 is 10.5 Å². The first-order valence-electron chi connectivity index (χ1n) is 9.08. The first-order valence-corrected chi connectivity index (χ1v) is 17.8. The van der Waals surface area contributed by atoms with Gasteiger partial charge in [0.2, 0.25) is 0 Å². The summed E-state index contributed by atoms with van der Waals surface area (Å²) in [4.78, 5) is 16.0. The third-order valence-corrected chi connectivity index (χ3v) is 25.6. The Morgan fingerprint density at radius 1 is 1.09 bits per heavy atom. The summed E-state index contributed by atoms with van der Waals surface area (Å²) < 4.78 is 7.84. The van der Waals surface area contributed by atoms with E-state index in [1.54, 1.807) is 0 Å². The SMILES string of the molecule is CCC[CH2][Sn]([CH2]CCC)([CH2]CCC)[C]1=Cn2cncc2S1=C=O. The summed E-state index contributed by atoms with van der Waals surface area (Å²) >= 11 is -2.52. The Hall–Kier alpha value is -0.321. The van der Waals surface area contributed by atoms with Crippen molar-refractivity contribution < 1.29 is 4.79 Å². The van der Waals surface area contributed by atoms with E-state index in [2.05, 4.69) is 41.8 Å². The van der Waals surface area contributed by atoms with Gasteiger partial charge in [-0.15, -0.1) is 0 Å². The molecule has 2 rings (SSSR count). The van der Waals surface area contributed by atoms with Crippen molar-refractivity contribution in [2.24, 2.45) is 0 Å². The molecule has 0 bridgehead atoms. The average Bonchev–Trinajstić information content (AvgIpc) is 3.15. The van der Waals surface area contributed by atoms with E-state index >= 15 is 0 Å². The molecule has 128 valence electrons. The fourth-order valence-corrected chi connectivity index (χ4v) is 26.4. The minimum absolute atomic E-state index is 0.446. The zero-order valence-electron chi connectivity index (χ0n) is 14.8. The zero-order valence-corrected chi connectivity index (χ0v) is 18.5. The molecule has 2 heterocycles. The van der Waals surface area contributed by atoms with Crippen molar-refractivity contribution in [3.8, 4) is 0 Å². The van der Waals surface area contributed by atoms with E-state index in [0.29, 0.717) is 0 Å². The molecule has 0 spiro atoms. The Bertz CT molecular complexity index is 580. The molecule has 1 atom stereocenters. The number of imidazole rings is 1. The summed E-state index contributed by atoms with van der Waals surface area (Å²) in [7, 11) is -0.446. The summed E-state index contributed by atoms with van der Waals surface area (Å²) in [6.45, 7) is 6.87. The number of rotatable bonds is 10. The Morgan fingerprint density at radius 3 is 2.13 bits per heavy atom. The second kappa shape index (κ2) is 9.24. The van der Waals surface area contributed by atoms with Gasteiger partial charge in [-0.2, -0.15) is 0 Å². The van der Waals surface area contributed by atoms with E-state index in [1.807, 2.05) is 12.5 Å². The molecular formula is C18H30N2OSSn. The molecule has 0 aliphatic carbocycles. The van der Waals surface area contributed by atoms with Crippen molar-refractivity contribution in [1.29, 1.82) is 0 Å². The van der Waals surface area contributed by atoms with Gasteiger partial charge in [0.05, 0.1) is 0 Å². The van der Waals surface area contributed by atoms with Crippen LogP contribution in [-0.2, 0) is 4.79 Å². The quantitative estimate of drug-likeness (QED) is 0.341. The van der Waals surface area contributed by atoms with Crippen LogP contribution in [0.4, 0.5) is 0 Å². The van der Waals surface area contributed by atoms with E-state index in [4.69, 9.17) is 0 Å². The number of hydrogen-bond acceptors (Lipinski definition) is 2. The molecule has 0 radical (unpaired) electrons. The first kappa shape index (κ1) is 19.0. The molecule has 1 aliphatic rings. The van der Waals surface area contributed by atoms with Crippen LogP contribution in [0.25, 0.3) is 6.20 Å². The fraction of sp³-hybridized carbons (Fsp3) is 0.667. The van der Waals surface area contributed by atoms with Crippen LogP contribution in [0.15, 0.2) is 20.5 Å². The number of nitrogens with zero attached hydrogens (tertiary/aromatic N) is 2. The molecule has 0 amide bonds. The molecule has 1 aromatic rings. The molecule has 0 N–H and O–H groups in total. The van der Waals surface area contributed by atoms with Gasteiger partial charge in [-0.25, -0.2) is 0 Å². The summed E-state index contributed by atoms with van der Waals surface area (Å²) in [5, 5.41) is 3.46. The van der Waals surface area contributed by atoms with Crippen LogP contribution in [0.3, 0.4) is 0 Å². The van der Waals surface area contributed by atoms with Crippen molar-refractivity contribution in [2.75, 3.05) is 0 Å². The van der Waals surface area contributed by atoms with Gasteiger partial charge in [-0.05, 0) is 0 Å². The first-order chi connectivity index (χ1) is 11.2. The van der Waals surface area contributed by atoms with Crippen molar-refractivity contribution in [1.82, 2.24) is 9.55 Å². The summed E-state index contributed by atoms with van der Waals surface area (Å²) in [6, 6.07) is 0. The van der Waals surface area contributed by atoms with Gasteiger partial charge in [0.1, 0.15) is 0 Å². The average molecular weight is 441 g/mol. The van der Waals surface area contributed by atoms with Crippen molar-refractivity contribution in [3.05, 3.63) is 15.4 Å². The maximum atomic E-state index is 11.8. The molecule has 0 aromatic carbocycles. The second-order valence-corrected chi connectivity index (χ2v) is 22.4. The van der Waals surface area contributed by atoms with Crippen LogP contribution in [0, 0.1) is 0 Å².